The highest BCUT2D eigenvalue weighted by Gasteiger charge is 2.24. The van der Waals surface area contributed by atoms with Gasteiger partial charge in [0, 0.05) is 16.9 Å². The molecule has 9 nitrogen and oxygen atoms in total. The third-order valence-corrected chi connectivity index (χ3v) is 9.40. The molecule has 1 heterocycles. The molecular formula is C34H30N2O7S2. The topological polar surface area (TPSA) is 142 Å². The molecule has 4 aromatic carbocycles. The molecule has 0 saturated heterocycles. The number of phenols is 1. The van der Waals surface area contributed by atoms with E-state index < -0.39 is 16.0 Å². The van der Waals surface area contributed by atoms with Crippen LogP contribution in [0.1, 0.15) is 37.6 Å². The number of sulfonamides is 1. The molecule has 5 rings (SSSR count). The Hall–Kier alpha value is -5.13. The van der Waals surface area contributed by atoms with E-state index in [1.165, 1.54) is 11.4 Å². The first-order valence-electron chi connectivity index (χ1n) is 14.0. The molecule has 11 heteroatoms. The number of benzene rings is 4. The zero-order chi connectivity index (χ0) is 32.0. The largest absolute Gasteiger partial charge is 0.508 e. The van der Waals surface area contributed by atoms with Crippen molar-refractivity contribution in [1.82, 2.24) is 0 Å². The minimum atomic E-state index is -4.05. The van der Waals surface area contributed by atoms with Gasteiger partial charge in [-0.15, -0.1) is 11.3 Å². The lowest BCUT2D eigenvalue weighted by atomic mass is 10.0. The van der Waals surface area contributed by atoms with Gasteiger partial charge in [0.25, 0.3) is 15.9 Å². The van der Waals surface area contributed by atoms with Crippen molar-refractivity contribution < 1.29 is 33.0 Å². The highest BCUT2D eigenvalue weighted by molar-refractivity contribution is 7.93. The number of hydrogen-bond acceptors (Lipinski definition) is 7. The second kappa shape index (κ2) is 13.7. The van der Waals surface area contributed by atoms with Crippen LogP contribution in [0.25, 0.3) is 11.1 Å². The van der Waals surface area contributed by atoms with E-state index in [-0.39, 0.29) is 21.4 Å². The summed E-state index contributed by atoms with van der Waals surface area (Å²) in [6.45, 7) is 2.32. The molecule has 0 fully saturated rings. The van der Waals surface area contributed by atoms with Crippen LogP contribution in [0.3, 0.4) is 0 Å². The monoisotopic (exact) mass is 642 g/mol. The summed E-state index contributed by atoms with van der Waals surface area (Å²) in [5, 5.41) is 23.1. The number of phenolic OH excluding ortho intramolecular Hbond substituents is 1. The van der Waals surface area contributed by atoms with Crippen molar-refractivity contribution >= 4 is 44.6 Å². The number of carboxylic acid groups (broad SMARTS) is 1. The SMILES string of the molecule is Cc1cc(NC(=O)c2ccc(-c3ccc(O)cc3)cc2)ccc1OCCCc1cccc(NS(=O)(=O)c2ccsc2C(=O)O)c1. The average molecular weight is 643 g/mol. The van der Waals surface area contributed by atoms with Gasteiger partial charge in [-0.2, -0.15) is 0 Å². The van der Waals surface area contributed by atoms with Crippen LogP contribution < -0.4 is 14.8 Å². The van der Waals surface area contributed by atoms with Gasteiger partial charge >= 0.3 is 5.97 Å². The predicted molar refractivity (Wildman–Crippen MR) is 175 cm³/mol. The number of carboxylic acids is 1. The molecule has 0 aliphatic rings. The van der Waals surface area contributed by atoms with Gasteiger partial charge in [0.1, 0.15) is 21.3 Å². The summed E-state index contributed by atoms with van der Waals surface area (Å²) in [7, 11) is -4.05. The Morgan fingerprint density at radius 2 is 1.58 bits per heavy atom. The Kier molecular flexibility index (Phi) is 9.50. The van der Waals surface area contributed by atoms with Gasteiger partial charge in [-0.3, -0.25) is 9.52 Å². The molecule has 4 N–H and O–H groups in total. The van der Waals surface area contributed by atoms with E-state index >= 15 is 0 Å². The molecule has 1 amide bonds. The van der Waals surface area contributed by atoms with E-state index in [0.29, 0.717) is 42.1 Å². The lowest BCUT2D eigenvalue weighted by Crippen LogP contribution is -2.15. The molecule has 0 spiro atoms. The Balaban J connectivity index is 1.11. The molecule has 0 radical (unpaired) electrons. The molecule has 45 heavy (non-hydrogen) atoms. The lowest BCUT2D eigenvalue weighted by molar-refractivity contribution is 0.0698. The van der Waals surface area contributed by atoms with E-state index in [1.807, 2.05) is 49.4 Å². The summed E-state index contributed by atoms with van der Waals surface area (Å²) >= 11 is 0.856. The Morgan fingerprint density at radius 1 is 0.867 bits per heavy atom. The van der Waals surface area contributed by atoms with Crippen molar-refractivity contribution in [2.75, 3.05) is 16.6 Å². The number of ether oxygens (including phenoxy) is 1. The highest BCUT2D eigenvalue weighted by atomic mass is 32.2. The quantitative estimate of drug-likeness (QED) is 0.106. The first-order valence-corrected chi connectivity index (χ1v) is 16.3. The normalized spacial score (nSPS) is 11.1. The van der Waals surface area contributed by atoms with Gasteiger partial charge in [-0.1, -0.05) is 36.4 Å². The summed E-state index contributed by atoms with van der Waals surface area (Å²) in [6.07, 6.45) is 1.30. The van der Waals surface area contributed by atoms with Crippen LogP contribution in [0.5, 0.6) is 11.5 Å². The molecule has 0 aliphatic heterocycles. The summed E-state index contributed by atoms with van der Waals surface area (Å²) in [5.74, 6) is -0.633. The first kappa shape index (κ1) is 31.3. The molecule has 0 aliphatic carbocycles. The molecule has 230 valence electrons. The van der Waals surface area contributed by atoms with E-state index in [1.54, 1.807) is 48.5 Å². The van der Waals surface area contributed by atoms with Crippen molar-refractivity contribution in [3.05, 3.63) is 124 Å². The lowest BCUT2D eigenvalue weighted by Gasteiger charge is -2.12. The van der Waals surface area contributed by atoms with E-state index in [4.69, 9.17) is 4.74 Å². The second-order valence-electron chi connectivity index (χ2n) is 10.2. The Morgan fingerprint density at radius 3 is 2.27 bits per heavy atom. The Labute approximate surface area is 264 Å². The number of aryl methyl sites for hydroxylation is 2. The third-order valence-electron chi connectivity index (χ3n) is 6.94. The van der Waals surface area contributed by atoms with Crippen LogP contribution >= 0.6 is 11.3 Å². The Bertz CT molecular complexity index is 1930. The highest BCUT2D eigenvalue weighted by Crippen LogP contribution is 2.27. The summed E-state index contributed by atoms with van der Waals surface area (Å²) in [4.78, 5) is 23.7. The van der Waals surface area contributed by atoms with E-state index in [0.717, 1.165) is 33.6 Å². The minimum Gasteiger partial charge on any atom is -0.508 e. The molecule has 1 aromatic heterocycles. The predicted octanol–water partition coefficient (Wildman–Crippen LogP) is 7.19. The van der Waals surface area contributed by atoms with Crippen molar-refractivity contribution in [2.24, 2.45) is 0 Å². The summed E-state index contributed by atoms with van der Waals surface area (Å²) < 4.78 is 33.9. The van der Waals surface area contributed by atoms with E-state index in [2.05, 4.69) is 10.0 Å². The maximum Gasteiger partial charge on any atom is 0.347 e. The molecule has 5 aromatic rings. The van der Waals surface area contributed by atoms with Gasteiger partial charge in [-0.05, 0) is 108 Å². The van der Waals surface area contributed by atoms with Crippen molar-refractivity contribution in [3.8, 4) is 22.6 Å². The number of aromatic carboxylic acids is 1. The van der Waals surface area contributed by atoms with Gasteiger partial charge in [0.05, 0.1) is 6.61 Å². The van der Waals surface area contributed by atoms with Gasteiger partial charge < -0.3 is 20.3 Å². The standard InChI is InChI=1S/C34H30N2O7S2/c1-22-20-27(35-33(38)26-9-7-24(8-10-26)25-11-14-29(37)15-12-25)13-16-30(22)43-18-3-5-23-4-2-6-28(21-23)36-45(41,42)31-17-19-44-32(31)34(39)40/h2,4,6-17,19-21,36-37H,3,5,18H2,1H3,(H,35,38)(H,39,40). The van der Waals surface area contributed by atoms with Crippen LogP contribution in [-0.4, -0.2) is 37.1 Å². The number of anilines is 2. The fourth-order valence-electron chi connectivity index (χ4n) is 4.68. The van der Waals surface area contributed by atoms with Crippen molar-refractivity contribution in [3.63, 3.8) is 0 Å². The van der Waals surface area contributed by atoms with Gasteiger partial charge in [0.2, 0.25) is 0 Å². The molecule has 0 unspecified atom stereocenters. The number of nitrogens with one attached hydrogen (secondary N) is 2. The number of carbonyl (C=O) groups excluding carboxylic acids is 1. The second-order valence-corrected chi connectivity index (χ2v) is 12.8. The maximum absolute atomic E-state index is 12.8. The van der Waals surface area contributed by atoms with Crippen LogP contribution in [-0.2, 0) is 16.4 Å². The van der Waals surface area contributed by atoms with Crippen LogP contribution in [0.4, 0.5) is 11.4 Å². The van der Waals surface area contributed by atoms with Gasteiger partial charge in [-0.25, -0.2) is 13.2 Å². The van der Waals surface area contributed by atoms with Crippen LogP contribution in [0.15, 0.2) is 107 Å². The summed E-state index contributed by atoms with van der Waals surface area (Å²) in [5.41, 5.74) is 5.14. The zero-order valence-electron chi connectivity index (χ0n) is 24.2. The fraction of sp³-hybridized carbons (Fsp3) is 0.118. The summed E-state index contributed by atoms with van der Waals surface area (Å²) in [6, 6.07) is 27.8. The maximum atomic E-state index is 12.8. The molecule has 0 bridgehead atoms. The number of amides is 1. The van der Waals surface area contributed by atoms with Gasteiger partial charge in [0.15, 0.2) is 0 Å². The molecular weight excluding hydrogens is 613 g/mol. The third kappa shape index (κ3) is 7.88. The number of aromatic hydroxyl groups is 1. The number of rotatable bonds is 12. The number of hydrogen-bond donors (Lipinski definition) is 4. The average Bonchev–Trinajstić information content (AvgIpc) is 3.53. The first-order chi connectivity index (χ1) is 21.6. The van der Waals surface area contributed by atoms with Crippen molar-refractivity contribution in [1.29, 1.82) is 0 Å². The number of carbonyl (C=O) groups is 2. The van der Waals surface area contributed by atoms with Crippen LogP contribution in [0.2, 0.25) is 0 Å². The molecule has 0 saturated carbocycles. The fourth-order valence-corrected chi connectivity index (χ4v) is 6.99. The van der Waals surface area contributed by atoms with Crippen LogP contribution in [0, 0.1) is 6.92 Å². The zero-order valence-corrected chi connectivity index (χ0v) is 25.8. The minimum absolute atomic E-state index is 0.198. The van der Waals surface area contributed by atoms with E-state index in [9.17, 15) is 28.2 Å². The molecule has 0 atom stereocenters. The number of thiophene rings is 1. The smallest absolute Gasteiger partial charge is 0.347 e. The van der Waals surface area contributed by atoms with Crippen molar-refractivity contribution in [2.45, 2.75) is 24.7 Å².